The molecule has 58 valence electrons. The smallest absolute Gasteiger partial charge is 0.0775 e. The van der Waals surface area contributed by atoms with E-state index in [-0.39, 0.29) is 0 Å². The maximum Gasteiger partial charge on any atom is 0.0775 e. The molecule has 0 aliphatic rings. The Morgan fingerprint density at radius 2 is 2.30 bits per heavy atom. The summed E-state index contributed by atoms with van der Waals surface area (Å²) in [7, 11) is 0. The van der Waals surface area contributed by atoms with Gasteiger partial charge in [0.05, 0.1) is 6.61 Å². The lowest BCUT2D eigenvalue weighted by atomic mass is 10.3. The molecule has 0 aromatic rings. The zero-order valence-electron chi connectivity index (χ0n) is 6.11. The molecule has 0 aromatic carbocycles. The highest BCUT2D eigenvalue weighted by atomic mass is 79.9. The van der Waals surface area contributed by atoms with Crippen LogP contribution < -0.4 is 0 Å². The molecule has 0 rings (SSSR count). The highest BCUT2D eigenvalue weighted by molar-refractivity contribution is 9.11. The Morgan fingerprint density at radius 1 is 1.60 bits per heavy atom. The molecule has 0 saturated heterocycles. The van der Waals surface area contributed by atoms with Crippen LogP contribution in [0.5, 0.6) is 0 Å². The van der Waals surface area contributed by atoms with E-state index < -0.39 is 0 Å². The highest BCUT2D eigenvalue weighted by Crippen LogP contribution is 2.01. The summed E-state index contributed by atoms with van der Waals surface area (Å²) in [6.07, 6.45) is 3.96. The Kier molecular flexibility index (Phi) is 6.98. The molecule has 0 aliphatic carbocycles. The molecule has 0 saturated carbocycles. The third-order valence-electron chi connectivity index (χ3n) is 0.956. The zero-order valence-corrected chi connectivity index (χ0v) is 7.69. The predicted molar refractivity (Wildman–Crippen MR) is 48.3 cm³/mol. The zero-order chi connectivity index (χ0) is 7.82. The molecule has 0 fully saturated rings. The molecule has 0 radical (unpaired) electrons. The van der Waals surface area contributed by atoms with Gasteiger partial charge in [-0.15, -0.1) is 6.58 Å². The first-order valence-electron chi connectivity index (χ1n) is 3.29. The molecule has 0 aromatic heterocycles. The summed E-state index contributed by atoms with van der Waals surface area (Å²) in [5.74, 6) is 0. The minimum absolute atomic E-state index is 0.608. The molecular weight excluding hydrogens is 192 g/mol. The van der Waals surface area contributed by atoms with Crippen molar-refractivity contribution in [1.29, 1.82) is 0 Å². The Balaban J connectivity index is 2.90. The fraction of sp³-hybridized carbons (Fsp3) is 0.500. The van der Waals surface area contributed by atoms with Gasteiger partial charge in [-0.3, -0.25) is 0 Å². The van der Waals surface area contributed by atoms with E-state index in [1.165, 1.54) is 0 Å². The van der Waals surface area contributed by atoms with Gasteiger partial charge in [0.15, 0.2) is 0 Å². The van der Waals surface area contributed by atoms with Gasteiger partial charge in [0.1, 0.15) is 0 Å². The number of allylic oxidation sites excluding steroid dienone is 1. The van der Waals surface area contributed by atoms with Crippen molar-refractivity contribution in [2.75, 3.05) is 13.2 Å². The van der Waals surface area contributed by atoms with Gasteiger partial charge in [-0.25, -0.2) is 0 Å². The average molecular weight is 205 g/mol. The van der Waals surface area contributed by atoms with Gasteiger partial charge in [0, 0.05) is 11.1 Å². The van der Waals surface area contributed by atoms with E-state index in [1.54, 1.807) is 0 Å². The lowest BCUT2D eigenvalue weighted by molar-refractivity contribution is 0.159. The highest BCUT2D eigenvalue weighted by Gasteiger charge is 1.87. The SMILES string of the molecule is C=CCCCOCC(=C)Br. The lowest BCUT2D eigenvalue weighted by Crippen LogP contribution is -1.95. The van der Waals surface area contributed by atoms with Crippen molar-refractivity contribution in [1.82, 2.24) is 0 Å². The van der Waals surface area contributed by atoms with Gasteiger partial charge >= 0.3 is 0 Å². The number of hydrogen-bond donors (Lipinski definition) is 0. The molecule has 0 unspecified atom stereocenters. The summed E-state index contributed by atoms with van der Waals surface area (Å²) in [6, 6.07) is 0. The summed E-state index contributed by atoms with van der Waals surface area (Å²) < 4.78 is 6.10. The monoisotopic (exact) mass is 204 g/mol. The Labute approximate surface area is 70.9 Å². The van der Waals surface area contributed by atoms with Crippen molar-refractivity contribution in [3.8, 4) is 0 Å². The van der Waals surface area contributed by atoms with Crippen LogP contribution in [0.2, 0.25) is 0 Å². The van der Waals surface area contributed by atoms with E-state index >= 15 is 0 Å². The molecule has 0 N–H and O–H groups in total. The summed E-state index contributed by atoms with van der Waals surface area (Å²) in [5, 5.41) is 0. The van der Waals surface area contributed by atoms with Crippen LogP contribution in [0.4, 0.5) is 0 Å². The Bertz CT molecular complexity index is 110. The number of ether oxygens (including phenoxy) is 1. The topological polar surface area (TPSA) is 9.23 Å². The maximum absolute atomic E-state index is 5.20. The van der Waals surface area contributed by atoms with Crippen LogP contribution in [0.15, 0.2) is 23.7 Å². The second-order valence-electron chi connectivity index (χ2n) is 2.00. The number of rotatable bonds is 6. The van der Waals surface area contributed by atoms with Gasteiger partial charge in [0.2, 0.25) is 0 Å². The number of unbranched alkanes of at least 4 members (excludes halogenated alkanes) is 1. The van der Waals surface area contributed by atoms with Crippen LogP contribution in [-0.2, 0) is 4.74 Å². The first-order valence-corrected chi connectivity index (χ1v) is 4.08. The van der Waals surface area contributed by atoms with E-state index in [1.807, 2.05) is 6.08 Å². The average Bonchev–Trinajstić information content (AvgIpc) is 1.87. The lowest BCUT2D eigenvalue weighted by Gasteiger charge is -1.99. The minimum atomic E-state index is 0.608. The van der Waals surface area contributed by atoms with Gasteiger partial charge in [-0.1, -0.05) is 28.6 Å². The third-order valence-corrected chi connectivity index (χ3v) is 1.18. The van der Waals surface area contributed by atoms with Crippen molar-refractivity contribution in [3.05, 3.63) is 23.7 Å². The number of halogens is 1. The van der Waals surface area contributed by atoms with Crippen LogP contribution in [0, 0.1) is 0 Å². The van der Waals surface area contributed by atoms with Crippen LogP contribution in [0.3, 0.4) is 0 Å². The molecule has 0 bridgehead atoms. The van der Waals surface area contributed by atoms with Crippen molar-refractivity contribution < 1.29 is 4.74 Å². The van der Waals surface area contributed by atoms with Gasteiger partial charge in [0.25, 0.3) is 0 Å². The van der Waals surface area contributed by atoms with Crippen molar-refractivity contribution in [2.24, 2.45) is 0 Å². The van der Waals surface area contributed by atoms with Crippen LogP contribution in [0.1, 0.15) is 12.8 Å². The Morgan fingerprint density at radius 3 is 2.80 bits per heavy atom. The first-order chi connectivity index (χ1) is 4.77. The second-order valence-corrected chi connectivity index (χ2v) is 3.12. The molecule has 1 nitrogen and oxygen atoms in total. The Hall–Kier alpha value is -0.0800. The van der Waals surface area contributed by atoms with E-state index in [9.17, 15) is 0 Å². The maximum atomic E-state index is 5.20. The van der Waals surface area contributed by atoms with Gasteiger partial charge in [-0.05, 0) is 12.8 Å². The summed E-state index contributed by atoms with van der Waals surface area (Å²) in [6.45, 7) is 8.65. The van der Waals surface area contributed by atoms with E-state index in [2.05, 4.69) is 29.1 Å². The minimum Gasteiger partial charge on any atom is -0.376 e. The first kappa shape index (κ1) is 9.92. The van der Waals surface area contributed by atoms with Crippen molar-refractivity contribution >= 4 is 15.9 Å². The van der Waals surface area contributed by atoms with Crippen LogP contribution in [-0.4, -0.2) is 13.2 Å². The van der Waals surface area contributed by atoms with Gasteiger partial charge in [-0.2, -0.15) is 0 Å². The quantitative estimate of drug-likeness (QED) is 0.478. The number of hydrogen-bond acceptors (Lipinski definition) is 1. The third kappa shape index (κ3) is 7.92. The van der Waals surface area contributed by atoms with Gasteiger partial charge < -0.3 is 4.74 Å². The van der Waals surface area contributed by atoms with E-state index in [0.29, 0.717) is 6.61 Å². The predicted octanol–water partition coefficient (Wildman–Crippen LogP) is 2.88. The van der Waals surface area contributed by atoms with E-state index in [4.69, 9.17) is 4.74 Å². The molecule has 0 amide bonds. The molecule has 0 heterocycles. The normalized spacial score (nSPS) is 9.30. The summed E-state index contributed by atoms with van der Waals surface area (Å²) in [4.78, 5) is 0. The standard InChI is InChI=1S/C8H13BrO/c1-3-4-5-6-10-7-8(2)9/h3H,1-2,4-7H2. The molecular formula is C8H13BrO. The van der Waals surface area contributed by atoms with Crippen molar-refractivity contribution in [2.45, 2.75) is 12.8 Å². The molecule has 0 atom stereocenters. The summed E-state index contributed by atoms with van der Waals surface area (Å²) >= 11 is 3.20. The molecule has 2 heteroatoms. The fourth-order valence-corrected chi connectivity index (χ4v) is 0.675. The van der Waals surface area contributed by atoms with Crippen LogP contribution >= 0.6 is 15.9 Å². The van der Waals surface area contributed by atoms with Crippen LogP contribution in [0.25, 0.3) is 0 Å². The largest absolute Gasteiger partial charge is 0.376 e. The van der Waals surface area contributed by atoms with Crippen molar-refractivity contribution in [3.63, 3.8) is 0 Å². The molecule has 0 aliphatic heterocycles. The molecule has 0 spiro atoms. The molecule has 10 heavy (non-hydrogen) atoms. The fourth-order valence-electron chi connectivity index (χ4n) is 0.513. The second kappa shape index (κ2) is 7.03. The van der Waals surface area contributed by atoms with E-state index in [0.717, 1.165) is 23.9 Å². The summed E-state index contributed by atoms with van der Waals surface area (Å²) in [5.41, 5.74) is 0.